The largest absolute Gasteiger partial charge is 0.448 e. The van der Waals surface area contributed by atoms with Crippen LogP contribution in [0.15, 0.2) is 18.2 Å². The number of ether oxygens (including phenoxy) is 1. The lowest BCUT2D eigenvalue weighted by molar-refractivity contribution is -0.0369. The van der Waals surface area contributed by atoms with Crippen LogP contribution in [0.5, 0.6) is 0 Å². The maximum absolute atomic E-state index is 12.2. The molecule has 5 heteroatoms. The number of hydrogen-bond donors (Lipinski definition) is 2. The molecule has 0 aliphatic carbocycles. The van der Waals surface area contributed by atoms with Crippen molar-refractivity contribution in [2.75, 3.05) is 19.7 Å². The minimum atomic E-state index is -0.592. The Kier molecular flexibility index (Phi) is 2.69. The Bertz CT molecular complexity index is 563. The quantitative estimate of drug-likeness (QED) is 0.611. The van der Waals surface area contributed by atoms with Crippen LogP contribution >= 0.6 is 0 Å². The van der Waals surface area contributed by atoms with Gasteiger partial charge in [0, 0.05) is 30.1 Å². The second-order valence-corrected chi connectivity index (χ2v) is 5.16. The van der Waals surface area contributed by atoms with Crippen LogP contribution in [0.3, 0.4) is 0 Å². The van der Waals surface area contributed by atoms with E-state index in [-0.39, 0.29) is 12.4 Å². The van der Waals surface area contributed by atoms with E-state index in [1.54, 1.807) is 19.1 Å². The minimum absolute atomic E-state index is 0.222. The van der Waals surface area contributed by atoms with Crippen LogP contribution in [-0.2, 0) is 10.3 Å². The van der Waals surface area contributed by atoms with E-state index in [4.69, 9.17) is 9.84 Å². The Hall–Kier alpha value is -1.72. The predicted molar refractivity (Wildman–Crippen MR) is 67.0 cm³/mol. The predicted octanol–water partition coefficient (Wildman–Crippen LogP) is 0.467. The number of fused-ring (bicyclic) bond motifs is 2. The molecule has 1 unspecified atom stereocenters. The third kappa shape index (κ3) is 1.62. The standard InChI is InChI=1S/C14H15NO4/c1-8(5-16)12(17)9-3-2-4-10-11(9)13(18)19-14(10)6-15-7-14/h2-4,8,15-16H,5-7H2,1H3. The first kappa shape index (κ1) is 12.3. The van der Waals surface area contributed by atoms with Crippen molar-refractivity contribution in [2.24, 2.45) is 5.92 Å². The van der Waals surface area contributed by atoms with Crippen molar-refractivity contribution in [3.63, 3.8) is 0 Å². The van der Waals surface area contributed by atoms with Gasteiger partial charge in [-0.3, -0.25) is 4.79 Å². The number of carbonyl (C=O) groups excluding carboxylic acids is 2. The zero-order valence-electron chi connectivity index (χ0n) is 10.6. The van der Waals surface area contributed by atoms with Crippen molar-refractivity contribution in [3.05, 3.63) is 34.9 Å². The molecule has 0 radical (unpaired) electrons. The number of benzene rings is 1. The van der Waals surface area contributed by atoms with Gasteiger partial charge >= 0.3 is 5.97 Å². The van der Waals surface area contributed by atoms with E-state index in [0.29, 0.717) is 24.2 Å². The molecule has 2 N–H and O–H groups in total. The Morgan fingerprint density at radius 1 is 1.53 bits per heavy atom. The Balaban J connectivity index is 2.10. The highest BCUT2D eigenvalue weighted by Gasteiger charge is 2.51. The zero-order chi connectivity index (χ0) is 13.6. The van der Waals surface area contributed by atoms with Crippen LogP contribution in [0.25, 0.3) is 0 Å². The molecule has 0 saturated carbocycles. The molecule has 1 aromatic carbocycles. The number of esters is 1. The van der Waals surface area contributed by atoms with E-state index in [2.05, 4.69) is 5.32 Å². The summed E-state index contributed by atoms with van der Waals surface area (Å²) in [5.41, 5.74) is 0.917. The number of carbonyl (C=O) groups is 2. The molecule has 2 aliphatic rings. The first-order chi connectivity index (χ1) is 9.09. The summed E-state index contributed by atoms with van der Waals surface area (Å²) in [5, 5.41) is 12.2. The Labute approximate surface area is 110 Å². The summed E-state index contributed by atoms with van der Waals surface area (Å²) < 4.78 is 5.44. The molecule has 0 aromatic heterocycles. The van der Waals surface area contributed by atoms with Crippen molar-refractivity contribution in [3.8, 4) is 0 Å². The van der Waals surface area contributed by atoms with E-state index in [0.717, 1.165) is 5.56 Å². The molecular weight excluding hydrogens is 246 g/mol. The zero-order valence-corrected chi connectivity index (χ0v) is 10.6. The van der Waals surface area contributed by atoms with E-state index in [9.17, 15) is 9.59 Å². The van der Waals surface area contributed by atoms with Gasteiger partial charge in [0.05, 0.1) is 12.2 Å². The van der Waals surface area contributed by atoms with Crippen molar-refractivity contribution < 1.29 is 19.4 Å². The van der Waals surface area contributed by atoms with Gasteiger partial charge in [0.2, 0.25) is 0 Å². The van der Waals surface area contributed by atoms with Crippen LogP contribution in [0, 0.1) is 5.92 Å². The smallest absolute Gasteiger partial charge is 0.340 e. The lowest BCUT2D eigenvalue weighted by Gasteiger charge is -2.38. The van der Waals surface area contributed by atoms with Crippen molar-refractivity contribution in [1.29, 1.82) is 0 Å². The van der Waals surface area contributed by atoms with Crippen LogP contribution in [0.2, 0.25) is 0 Å². The van der Waals surface area contributed by atoms with Crippen LogP contribution in [-0.4, -0.2) is 36.6 Å². The SMILES string of the molecule is CC(CO)C(=O)c1cccc2c1C(=O)OC21CNC1. The fraction of sp³-hybridized carbons (Fsp3) is 0.429. The molecule has 1 spiro atoms. The summed E-state index contributed by atoms with van der Waals surface area (Å²) in [6.07, 6.45) is 0. The molecular formula is C14H15NO4. The van der Waals surface area contributed by atoms with Gasteiger partial charge in [-0.1, -0.05) is 25.1 Å². The molecule has 19 heavy (non-hydrogen) atoms. The number of hydrogen-bond acceptors (Lipinski definition) is 5. The lowest BCUT2D eigenvalue weighted by Crippen LogP contribution is -2.56. The monoisotopic (exact) mass is 261 g/mol. The number of aliphatic hydroxyl groups excluding tert-OH is 1. The highest BCUT2D eigenvalue weighted by Crippen LogP contribution is 2.41. The summed E-state index contributed by atoms with van der Waals surface area (Å²) in [6, 6.07) is 5.22. The molecule has 2 heterocycles. The van der Waals surface area contributed by atoms with Crippen molar-refractivity contribution >= 4 is 11.8 Å². The molecule has 0 amide bonds. The highest BCUT2D eigenvalue weighted by molar-refractivity contribution is 6.09. The summed E-state index contributed by atoms with van der Waals surface area (Å²) in [7, 11) is 0. The van der Waals surface area contributed by atoms with E-state index >= 15 is 0 Å². The topological polar surface area (TPSA) is 75.6 Å². The fourth-order valence-electron chi connectivity index (χ4n) is 2.60. The number of Topliss-reactive ketones (excluding diaryl/α,β-unsaturated/α-hetero) is 1. The number of ketones is 1. The first-order valence-corrected chi connectivity index (χ1v) is 6.32. The number of nitrogens with one attached hydrogen (secondary N) is 1. The minimum Gasteiger partial charge on any atom is -0.448 e. The van der Waals surface area contributed by atoms with E-state index in [1.807, 2.05) is 6.07 Å². The van der Waals surface area contributed by atoms with Gasteiger partial charge in [0.25, 0.3) is 0 Å². The maximum atomic E-state index is 12.2. The van der Waals surface area contributed by atoms with Crippen LogP contribution < -0.4 is 5.32 Å². The Morgan fingerprint density at radius 2 is 2.26 bits per heavy atom. The molecule has 100 valence electrons. The van der Waals surface area contributed by atoms with Crippen LogP contribution in [0.1, 0.15) is 33.2 Å². The van der Waals surface area contributed by atoms with Gasteiger partial charge in [0.1, 0.15) is 0 Å². The number of rotatable bonds is 3. The summed E-state index contributed by atoms with van der Waals surface area (Å²) >= 11 is 0. The normalized spacial score (nSPS) is 20.6. The molecule has 2 aliphatic heterocycles. The third-order valence-corrected chi connectivity index (χ3v) is 3.86. The average molecular weight is 261 g/mol. The maximum Gasteiger partial charge on any atom is 0.340 e. The summed E-state index contributed by atoms with van der Waals surface area (Å²) in [5.74, 6) is -1.18. The van der Waals surface area contributed by atoms with Crippen molar-refractivity contribution in [1.82, 2.24) is 5.32 Å². The van der Waals surface area contributed by atoms with Gasteiger partial charge in [-0.05, 0) is 0 Å². The van der Waals surface area contributed by atoms with Gasteiger partial charge in [-0.15, -0.1) is 0 Å². The Morgan fingerprint density at radius 3 is 2.84 bits per heavy atom. The summed E-state index contributed by atoms with van der Waals surface area (Å²) in [6.45, 7) is 2.57. The van der Waals surface area contributed by atoms with Gasteiger partial charge in [-0.25, -0.2) is 4.79 Å². The number of aliphatic hydroxyl groups is 1. The molecule has 5 nitrogen and oxygen atoms in total. The summed E-state index contributed by atoms with van der Waals surface area (Å²) in [4.78, 5) is 24.3. The molecule has 0 bridgehead atoms. The molecule has 1 atom stereocenters. The van der Waals surface area contributed by atoms with E-state index < -0.39 is 17.5 Å². The van der Waals surface area contributed by atoms with Gasteiger partial charge < -0.3 is 15.2 Å². The fourth-order valence-corrected chi connectivity index (χ4v) is 2.60. The van der Waals surface area contributed by atoms with Gasteiger partial charge in [0.15, 0.2) is 11.4 Å². The van der Waals surface area contributed by atoms with Crippen LogP contribution in [0.4, 0.5) is 0 Å². The average Bonchev–Trinajstić information content (AvgIpc) is 2.70. The van der Waals surface area contributed by atoms with E-state index in [1.165, 1.54) is 0 Å². The molecule has 1 aromatic rings. The molecule has 3 rings (SSSR count). The highest BCUT2D eigenvalue weighted by atomic mass is 16.6. The second kappa shape index (κ2) is 4.15. The van der Waals surface area contributed by atoms with Gasteiger partial charge in [-0.2, -0.15) is 0 Å². The first-order valence-electron chi connectivity index (χ1n) is 6.32. The lowest BCUT2D eigenvalue weighted by atomic mass is 9.84. The second-order valence-electron chi connectivity index (χ2n) is 5.16. The third-order valence-electron chi connectivity index (χ3n) is 3.86. The van der Waals surface area contributed by atoms with Crippen molar-refractivity contribution in [2.45, 2.75) is 12.5 Å². The molecule has 1 saturated heterocycles. The molecule has 1 fully saturated rings.